The number of rotatable bonds is 5. The van der Waals surface area contributed by atoms with Crippen molar-refractivity contribution in [3.05, 3.63) is 27.5 Å². The van der Waals surface area contributed by atoms with E-state index in [1.165, 1.54) is 11.3 Å². The lowest BCUT2D eigenvalue weighted by molar-refractivity contribution is 0.0891. The molecule has 0 spiro atoms. The van der Waals surface area contributed by atoms with Gasteiger partial charge in [-0.05, 0) is 38.0 Å². The smallest absolute Gasteiger partial charge is 0.263 e. The molecule has 0 radical (unpaired) electrons. The van der Waals surface area contributed by atoms with E-state index in [0.29, 0.717) is 17.0 Å². The van der Waals surface area contributed by atoms with Crippen molar-refractivity contribution in [1.82, 2.24) is 5.32 Å². The molecule has 0 aliphatic heterocycles. The van der Waals surface area contributed by atoms with Crippen molar-refractivity contribution in [2.75, 3.05) is 12.3 Å². The minimum Gasteiger partial charge on any atom is -0.397 e. The fraction of sp³-hybridized carbons (Fsp3) is 0.400. The molecule has 1 aromatic heterocycles. The zero-order valence-corrected chi connectivity index (χ0v) is 14.5. The third-order valence-electron chi connectivity index (χ3n) is 3.75. The number of nitrogens with one attached hydrogen (secondary N) is 1. The summed E-state index contributed by atoms with van der Waals surface area (Å²) in [6.07, 6.45) is 1.27. The maximum absolute atomic E-state index is 12.5. The van der Waals surface area contributed by atoms with Gasteiger partial charge in [0.2, 0.25) is 0 Å². The van der Waals surface area contributed by atoms with E-state index in [0.717, 1.165) is 21.0 Å². The summed E-state index contributed by atoms with van der Waals surface area (Å²) >= 11 is 4.80. The van der Waals surface area contributed by atoms with Crippen LogP contribution < -0.4 is 11.1 Å². The number of halogens is 1. The third kappa shape index (κ3) is 3.39. The highest BCUT2D eigenvalue weighted by atomic mass is 79.9. The van der Waals surface area contributed by atoms with Gasteiger partial charge >= 0.3 is 0 Å². The van der Waals surface area contributed by atoms with Crippen LogP contribution in [0.25, 0.3) is 10.1 Å². The molecule has 21 heavy (non-hydrogen) atoms. The minimum atomic E-state index is -0.422. The van der Waals surface area contributed by atoms with Crippen LogP contribution >= 0.6 is 27.3 Å². The number of carbonyl (C=O) groups is 1. The van der Waals surface area contributed by atoms with Crippen molar-refractivity contribution in [3.63, 3.8) is 0 Å². The predicted octanol–water partition coefficient (Wildman–Crippen LogP) is 3.53. The normalized spacial score (nSPS) is 14.1. The number of carbonyl (C=O) groups excluding carboxylic acids is 1. The van der Waals surface area contributed by atoms with Crippen molar-refractivity contribution < 1.29 is 9.90 Å². The van der Waals surface area contributed by atoms with Crippen molar-refractivity contribution in [2.45, 2.75) is 32.2 Å². The van der Waals surface area contributed by atoms with Gasteiger partial charge in [-0.2, -0.15) is 0 Å². The second-order valence-electron chi connectivity index (χ2n) is 5.33. The molecule has 1 unspecified atom stereocenters. The SMILES string of the molecule is CCC(C)(CCO)NC(=O)c1sc2ccc(Br)cc2c1N. The zero-order valence-electron chi connectivity index (χ0n) is 12.1. The van der Waals surface area contributed by atoms with E-state index in [9.17, 15) is 4.79 Å². The molecule has 0 saturated heterocycles. The maximum Gasteiger partial charge on any atom is 0.263 e. The number of aliphatic hydroxyl groups excluding tert-OH is 1. The van der Waals surface area contributed by atoms with Crippen molar-refractivity contribution >= 4 is 48.9 Å². The quantitative estimate of drug-likeness (QED) is 0.753. The highest BCUT2D eigenvalue weighted by molar-refractivity contribution is 9.10. The maximum atomic E-state index is 12.5. The number of fused-ring (bicyclic) bond motifs is 1. The van der Waals surface area contributed by atoms with Gasteiger partial charge in [-0.15, -0.1) is 11.3 Å². The van der Waals surface area contributed by atoms with Gasteiger partial charge in [0, 0.05) is 26.7 Å². The van der Waals surface area contributed by atoms with Crippen LogP contribution in [0.3, 0.4) is 0 Å². The molecule has 1 heterocycles. The highest BCUT2D eigenvalue weighted by Crippen LogP contribution is 2.35. The topological polar surface area (TPSA) is 75.3 Å². The molecule has 1 aromatic carbocycles. The summed E-state index contributed by atoms with van der Waals surface area (Å²) in [6.45, 7) is 3.96. The van der Waals surface area contributed by atoms with Gasteiger partial charge in [-0.1, -0.05) is 22.9 Å². The van der Waals surface area contributed by atoms with Gasteiger partial charge in [0.15, 0.2) is 0 Å². The molecule has 2 aromatic rings. The number of amides is 1. The van der Waals surface area contributed by atoms with Crippen LogP contribution in [0.4, 0.5) is 5.69 Å². The first kappa shape index (κ1) is 16.3. The molecule has 0 saturated carbocycles. The summed E-state index contributed by atoms with van der Waals surface area (Å²) in [4.78, 5) is 13.0. The van der Waals surface area contributed by atoms with Crippen molar-refractivity contribution in [1.29, 1.82) is 0 Å². The minimum absolute atomic E-state index is 0.0411. The summed E-state index contributed by atoms with van der Waals surface area (Å²) < 4.78 is 1.92. The molecular formula is C15H19BrN2O2S. The van der Waals surface area contributed by atoms with E-state index in [4.69, 9.17) is 10.8 Å². The second-order valence-corrected chi connectivity index (χ2v) is 7.30. The molecule has 0 fully saturated rings. The van der Waals surface area contributed by atoms with Gasteiger partial charge in [0.05, 0.1) is 5.69 Å². The van der Waals surface area contributed by atoms with Gasteiger partial charge in [-0.3, -0.25) is 4.79 Å². The highest BCUT2D eigenvalue weighted by Gasteiger charge is 2.26. The van der Waals surface area contributed by atoms with E-state index in [1.807, 2.05) is 32.0 Å². The Kier molecular flexibility index (Phi) is 4.91. The largest absolute Gasteiger partial charge is 0.397 e. The van der Waals surface area contributed by atoms with Crippen LogP contribution in [-0.4, -0.2) is 23.2 Å². The van der Waals surface area contributed by atoms with Crippen molar-refractivity contribution in [3.8, 4) is 0 Å². The Morgan fingerprint density at radius 3 is 2.86 bits per heavy atom. The van der Waals surface area contributed by atoms with E-state index in [-0.39, 0.29) is 12.5 Å². The Bertz CT molecular complexity index is 671. The summed E-state index contributed by atoms with van der Waals surface area (Å²) in [5.41, 5.74) is 6.21. The summed E-state index contributed by atoms with van der Waals surface area (Å²) in [5.74, 6) is -0.178. The number of benzene rings is 1. The fourth-order valence-electron chi connectivity index (χ4n) is 2.16. The number of anilines is 1. The van der Waals surface area contributed by atoms with Gasteiger partial charge in [0.25, 0.3) is 5.91 Å². The Morgan fingerprint density at radius 2 is 2.24 bits per heavy atom. The molecule has 1 amide bonds. The first-order valence-corrected chi connectivity index (χ1v) is 8.42. The first-order valence-electron chi connectivity index (χ1n) is 6.81. The Labute approximate surface area is 136 Å². The number of hydrogen-bond donors (Lipinski definition) is 3. The van der Waals surface area contributed by atoms with E-state index in [1.54, 1.807) is 0 Å². The van der Waals surface area contributed by atoms with Crippen LogP contribution in [-0.2, 0) is 0 Å². The summed E-state index contributed by atoms with van der Waals surface area (Å²) in [7, 11) is 0. The van der Waals surface area contributed by atoms with Crippen LogP contribution in [0.5, 0.6) is 0 Å². The number of nitrogen functional groups attached to an aromatic ring is 1. The average molecular weight is 371 g/mol. The molecule has 0 aliphatic carbocycles. The lowest BCUT2D eigenvalue weighted by Gasteiger charge is -2.28. The monoisotopic (exact) mass is 370 g/mol. The molecule has 4 N–H and O–H groups in total. The molecule has 114 valence electrons. The number of thiophene rings is 1. The first-order chi connectivity index (χ1) is 9.90. The summed E-state index contributed by atoms with van der Waals surface area (Å²) in [5, 5.41) is 13.0. The molecule has 0 aliphatic rings. The van der Waals surface area contributed by atoms with Crippen LogP contribution in [0, 0.1) is 0 Å². The third-order valence-corrected chi connectivity index (χ3v) is 5.43. The fourth-order valence-corrected chi connectivity index (χ4v) is 3.52. The Balaban J connectivity index is 2.33. The Morgan fingerprint density at radius 1 is 1.52 bits per heavy atom. The second kappa shape index (κ2) is 6.34. The van der Waals surface area contributed by atoms with E-state index >= 15 is 0 Å². The Hall–Kier alpha value is -1.11. The number of nitrogens with two attached hydrogens (primary N) is 1. The lowest BCUT2D eigenvalue weighted by atomic mass is 9.95. The number of aliphatic hydroxyl groups is 1. The molecule has 4 nitrogen and oxygen atoms in total. The molecule has 2 rings (SSSR count). The zero-order chi connectivity index (χ0) is 15.6. The van der Waals surface area contributed by atoms with Gasteiger partial charge in [0.1, 0.15) is 4.88 Å². The van der Waals surface area contributed by atoms with Gasteiger partial charge < -0.3 is 16.2 Å². The van der Waals surface area contributed by atoms with Gasteiger partial charge in [-0.25, -0.2) is 0 Å². The summed E-state index contributed by atoms with van der Waals surface area (Å²) in [6, 6.07) is 5.80. The molecule has 0 bridgehead atoms. The molecular weight excluding hydrogens is 352 g/mol. The van der Waals surface area contributed by atoms with E-state index in [2.05, 4.69) is 21.2 Å². The molecule has 1 atom stereocenters. The number of hydrogen-bond acceptors (Lipinski definition) is 4. The van der Waals surface area contributed by atoms with Crippen LogP contribution in [0.2, 0.25) is 0 Å². The predicted molar refractivity (Wildman–Crippen MR) is 91.8 cm³/mol. The van der Waals surface area contributed by atoms with Crippen LogP contribution in [0.1, 0.15) is 36.4 Å². The lowest BCUT2D eigenvalue weighted by Crippen LogP contribution is -2.46. The van der Waals surface area contributed by atoms with Crippen LogP contribution in [0.15, 0.2) is 22.7 Å². The molecule has 6 heteroatoms. The standard InChI is InChI=1S/C15H19BrN2O2S/c1-3-15(2,6-7-19)18-14(20)13-12(17)10-8-9(16)4-5-11(10)21-13/h4-5,8,19H,3,6-7,17H2,1-2H3,(H,18,20). The van der Waals surface area contributed by atoms with Crippen molar-refractivity contribution in [2.24, 2.45) is 0 Å². The average Bonchev–Trinajstić information content (AvgIpc) is 2.76. The van der Waals surface area contributed by atoms with E-state index < -0.39 is 5.54 Å².